The van der Waals surface area contributed by atoms with Crippen molar-refractivity contribution in [2.24, 2.45) is 10.7 Å². The highest BCUT2D eigenvalue weighted by Gasteiger charge is 2.15. The highest BCUT2D eigenvalue weighted by molar-refractivity contribution is 14.0. The number of anilines is 1. The Morgan fingerprint density at radius 3 is 2.17 bits per heavy atom. The second-order valence-electron chi connectivity index (χ2n) is 7.89. The standard InChI is InChI=1S/C23H32N4O.HI/c1-6-17-11-9-12-18(7-2)20(17)26-22(24)25-15-16-10-8-13-19(14-16)21(28)27-23(3,4)5;/h8-14H,6-7,15H2,1-5H3,(H,27,28)(H3,24,25,26);1H. The van der Waals surface area contributed by atoms with Crippen molar-refractivity contribution in [1.82, 2.24) is 5.32 Å². The Kier molecular flexibility index (Phi) is 9.62. The van der Waals surface area contributed by atoms with Crippen LogP contribution < -0.4 is 16.4 Å². The van der Waals surface area contributed by atoms with Crippen LogP contribution in [-0.4, -0.2) is 17.4 Å². The third-order valence-corrected chi connectivity index (χ3v) is 4.36. The van der Waals surface area contributed by atoms with Gasteiger partial charge in [0, 0.05) is 16.8 Å². The van der Waals surface area contributed by atoms with Crippen LogP contribution in [0.1, 0.15) is 61.7 Å². The normalized spacial score (nSPS) is 11.6. The summed E-state index contributed by atoms with van der Waals surface area (Å²) >= 11 is 0. The van der Waals surface area contributed by atoms with Gasteiger partial charge in [0.2, 0.25) is 0 Å². The largest absolute Gasteiger partial charge is 0.370 e. The number of hydrogen-bond acceptors (Lipinski definition) is 2. The average Bonchev–Trinajstić information content (AvgIpc) is 2.65. The van der Waals surface area contributed by atoms with Crippen molar-refractivity contribution >= 4 is 41.5 Å². The van der Waals surface area contributed by atoms with Crippen molar-refractivity contribution < 1.29 is 4.79 Å². The van der Waals surface area contributed by atoms with Crippen LogP contribution in [0, 0.1) is 0 Å². The minimum atomic E-state index is -0.275. The van der Waals surface area contributed by atoms with E-state index in [9.17, 15) is 4.79 Å². The third-order valence-electron chi connectivity index (χ3n) is 4.36. The van der Waals surface area contributed by atoms with E-state index in [1.165, 1.54) is 11.1 Å². The van der Waals surface area contributed by atoms with Crippen LogP contribution in [0.3, 0.4) is 0 Å². The van der Waals surface area contributed by atoms with Crippen molar-refractivity contribution in [2.75, 3.05) is 5.32 Å². The first-order valence-electron chi connectivity index (χ1n) is 9.82. The molecule has 0 heterocycles. The molecule has 0 aliphatic rings. The molecule has 0 saturated carbocycles. The maximum atomic E-state index is 12.3. The summed E-state index contributed by atoms with van der Waals surface area (Å²) in [6.07, 6.45) is 1.85. The van der Waals surface area contributed by atoms with Gasteiger partial charge >= 0.3 is 0 Å². The number of halogens is 1. The maximum Gasteiger partial charge on any atom is 0.251 e. The zero-order chi connectivity index (χ0) is 20.7. The van der Waals surface area contributed by atoms with Gasteiger partial charge in [-0.15, -0.1) is 24.0 Å². The highest BCUT2D eigenvalue weighted by Crippen LogP contribution is 2.22. The Hall–Kier alpha value is -2.09. The van der Waals surface area contributed by atoms with Crippen molar-refractivity contribution in [2.45, 2.75) is 59.5 Å². The summed E-state index contributed by atoms with van der Waals surface area (Å²) in [6.45, 7) is 10.5. The summed E-state index contributed by atoms with van der Waals surface area (Å²) in [5.41, 5.74) is 10.9. The molecule has 0 unspecified atom stereocenters. The van der Waals surface area contributed by atoms with E-state index in [-0.39, 0.29) is 35.4 Å². The van der Waals surface area contributed by atoms with E-state index in [4.69, 9.17) is 5.73 Å². The minimum Gasteiger partial charge on any atom is -0.370 e. The zero-order valence-corrected chi connectivity index (χ0v) is 20.3. The number of nitrogens with two attached hydrogens (primary N) is 1. The lowest BCUT2D eigenvalue weighted by molar-refractivity contribution is 0.0919. The lowest BCUT2D eigenvalue weighted by atomic mass is 10.0. The summed E-state index contributed by atoms with van der Waals surface area (Å²) in [5.74, 6) is 0.286. The molecule has 2 rings (SSSR count). The number of hydrogen-bond donors (Lipinski definition) is 3. The molecule has 0 aromatic heterocycles. The number of para-hydroxylation sites is 1. The quantitative estimate of drug-likeness (QED) is 0.296. The molecule has 0 radical (unpaired) electrons. The summed E-state index contributed by atoms with van der Waals surface area (Å²) < 4.78 is 0. The molecular formula is C23H33IN4O. The van der Waals surface area contributed by atoms with Crippen molar-refractivity contribution in [3.8, 4) is 0 Å². The van der Waals surface area contributed by atoms with Crippen LogP contribution in [0.2, 0.25) is 0 Å². The van der Waals surface area contributed by atoms with Crippen LogP contribution >= 0.6 is 24.0 Å². The maximum absolute atomic E-state index is 12.3. The molecule has 4 N–H and O–H groups in total. The van der Waals surface area contributed by atoms with Crippen LogP contribution in [0.4, 0.5) is 5.69 Å². The molecule has 158 valence electrons. The molecule has 0 bridgehead atoms. The molecule has 29 heavy (non-hydrogen) atoms. The predicted molar refractivity (Wildman–Crippen MR) is 133 cm³/mol. The van der Waals surface area contributed by atoms with Crippen LogP contribution in [0.15, 0.2) is 47.5 Å². The van der Waals surface area contributed by atoms with E-state index in [0.717, 1.165) is 24.1 Å². The molecule has 0 aliphatic carbocycles. The fraction of sp³-hybridized carbons (Fsp3) is 0.391. The van der Waals surface area contributed by atoms with Gasteiger partial charge in [-0.1, -0.05) is 44.2 Å². The summed E-state index contributed by atoms with van der Waals surface area (Å²) in [5, 5.41) is 6.24. The molecular weight excluding hydrogens is 475 g/mol. The Morgan fingerprint density at radius 2 is 1.62 bits per heavy atom. The number of carbonyl (C=O) groups is 1. The topological polar surface area (TPSA) is 79.5 Å². The van der Waals surface area contributed by atoms with Gasteiger partial charge in [0.25, 0.3) is 5.91 Å². The number of carbonyl (C=O) groups excluding carboxylic acids is 1. The second-order valence-corrected chi connectivity index (χ2v) is 7.89. The summed E-state index contributed by atoms with van der Waals surface area (Å²) in [7, 11) is 0. The molecule has 6 heteroatoms. The first kappa shape index (κ1) is 24.9. The third kappa shape index (κ3) is 7.68. The van der Waals surface area contributed by atoms with Gasteiger partial charge < -0.3 is 16.4 Å². The smallest absolute Gasteiger partial charge is 0.251 e. The number of guanidine groups is 1. The van der Waals surface area contributed by atoms with Crippen molar-refractivity contribution in [3.05, 3.63) is 64.7 Å². The zero-order valence-electron chi connectivity index (χ0n) is 18.0. The molecule has 5 nitrogen and oxygen atoms in total. The molecule has 1 amide bonds. The van der Waals surface area contributed by atoms with E-state index in [2.05, 4.69) is 47.7 Å². The number of nitrogens with zero attached hydrogens (tertiary/aromatic N) is 1. The summed E-state index contributed by atoms with van der Waals surface area (Å²) in [4.78, 5) is 16.8. The fourth-order valence-electron chi connectivity index (χ4n) is 2.97. The van der Waals surface area contributed by atoms with Gasteiger partial charge in [0.1, 0.15) is 0 Å². The Balaban J connectivity index is 0.00000420. The van der Waals surface area contributed by atoms with E-state index in [0.29, 0.717) is 18.1 Å². The number of amides is 1. The van der Waals surface area contributed by atoms with Gasteiger partial charge in [-0.3, -0.25) is 4.79 Å². The van der Waals surface area contributed by atoms with Gasteiger partial charge in [-0.2, -0.15) is 0 Å². The Labute approximate surface area is 191 Å². The minimum absolute atomic E-state index is 0. The lowest BCUT2D eigenvalue weighted by Crippen LogP contribution is -2.40. The lowest BCUT2D eigenvalue weighted by Gasteiger charge is -2.20. The Morgan fingerprint density at radius 1 is 1.03 bits per heavy atom. The SMILES string of the molecule is CCc1cccc(CC)c1NC(N)=NCc1cccc(C(=O)NC(C)(C)C)c1.I. The molecule has 0 aliphatic heterocycles. The van der Waals surface area contributed by atoms with E-state index >= 15 is 0 Å². The van der Waals surface area contributed by atoms with Crippen LogP contribution in [0.5, 0.6) is 0 Å². The second kappa shape index (κ2) is 11.2. The van der Waals surface area contributed by atoms with Gasteiger partial charge in [0.15, 0.2) is 5.96 Å². The molecule has 0 saturated heterocycles. The molecule has 0 fully saturated rings. The predicted octanol–water partition coefficient (Wildman–Crippen LogP) is 4.88. The molecule has 2 aromatic rings. The number of aryl methyl sites for hydroxylation is 2. The number of nitrogens with one attached hydrogen (secondary N) is 2. The highest BCUT2D eigenvalue weighted by atomic mass is 127. The monoisotopic (exact) mass is 508 g/mol. The first-order valence-corrected chi connectivity index (χ1v) is 9.82. The van der Waals surface area contributed by atoms with Crippen LogP contribution in [-0.2, 0) is 19.4 Å². The number of aliphatic imine (C=N–C) groups is 1. The molecule has 0 spiro atoms. The molecule has 2 aromatic carbocycles. The molecule has 0 atom stereocenters. The van der Waals surface area contributed by atoms with Crippen molar-refractivity contribution in [1.29, 1.82) is 0 Å². The van der Waals surface area contributed by atoms with E-state index in [1.807, 2.05) is 39.0 Å². The number of rotatable bonds is 6. The van der Waals surface area contributed by atoms with Gasteiger partial charge in [-0.05, 0) is 62.4 Å². The number of benzene rings is 2. The first-order chi connectivity index (χ1) is 13.2. The average molecular weight is 508 g/mol. The fourth-order valence-corrected chi connectivity index (χ4v) is 2.97. The van der Waals surface area contributed by atoms with Gasteiger partial charge in [0.05, 0.1) is 6.54 Å². The van der Waals surface area contributed by atoms with Gasteiger partial charge in [-0.25, -0.2) is 4.99 Å². The van der Waals surface area contributed by atoms with Crippen molar-refractivity contribution in [3.63, 3.8) is 0 Å². The summed E-state index contributed by atoms with van der Waals surface area (Å²) in [6, 6.07) is 13.8. The Bertz CT molecular complexity index is 834. The van der Waals surface area contributed by atoms with Crippen LogP contribution in [0.25, 0.3) is 0 Å². The van der Waals surface area contributed by atoms with E-state index in [1.54, 1.807) is 6.07 Å². The van der Waals surface area contributed by atoms with E-state index < -0.39 is 0 Å².